The summed E-state index contributed by atoms with van der Waals surface area (Å²) in [6.45, 7) is 0. The van der Waals surface area contributed by atoms with E-state index in [1.165, 1.54) is 0 Å². The van der Waals surface area contributed by atoms with Crippen LogP contribution in [0.15, 0.2) is 18.2 Å². The van der Waals surface area contributed by atoms with Crippen molar-refractivity contribution in [3.63, 3.8) is 0 Å². The Bertz CT molecular complexity index is 614. The van der Waals surface area contributed by atoms with E-state index < -0.39 is 11.4 Å². The minimum Gasteiger partial charge on any atom is -0.481 e. The van der Waals surface area contributed by atoms with Crippen LogP contribution >= 0.6 is 11.6 Å². The molecule has 1 aromatic carbocycles. The summed E-state index contributed by atoms with van der Waals surface area (Å²) in [5.41, 5.74) is 0.679. The van der Waals surface area contributed by atoms with E-state index in [1.54, 1.807) is 0 Å². The molecule has 4 nitrogen and oxygen atoms in total. The quantitative estimate of drug-likeness (QED) is 0.876. The highest BCUT2D eigenvalue weighted by Crippen LogP contribution is 2.44. The average Bonchev–Trinajstić information content (AvgIpc) is 2.97. The Morgan fingerprint density at radius 2 is 2.11 bits per heavy atom. The van der Waals surface area contributed by atoms with Crippen LogP contribution in [0.2, 0.25) is 5.15 Å². The summed E-state index contributed by atoms with van der Waals surface area (Å²) in [5, 5.41) is 17.8. The predicted molar refractivity (Wildman–Crippen MR) is 68.9 cm³/mol. The van der Waals surface area contributed by atoms with Gasteiger partial charge in [0.1, 0.15) is 5.15 Å². The summed E-state index contributed by atoms with van der Waals surface area (Å²) in [5.74, 6) is -0.758. The molecule has 0 unspecified atom stereocenters. The van der Waals surface area contributed by atoms with Gasteiger partial charge in [-0.2, -0.15) is 5.10 Å². The third-order valence-corrected chi connectivity index (χ3v) is 4.21. The summed E-state index contributed by atoms with van der Waals surface area (Å²) in [4.78, 5) is 11.7. The van der Waals surface area contributed by atoms with Gasteiger partial charge < -0.3 is 5.11 Å². The Morgan fingerprint density at radius 1 is 1.39 bits per heavy atom. The molecule has 0 atom stereocenters. The second-order valence-corrected chi connectivity index (χ2v) is 5.21. The molecule has 0 aliphatic heterocycles. The molecule has 0 saturated heterocycles. The fraction of sp³-hybridized carbons (Fsp3) is 0.385. The largest absolute Gasteiger partial charge is 0.481 e. The summed E-state index contributed by atoms with van der Waals surface area (Å²) in [7, 11) is 0. The number of rotatable bonds is 2. The number of carboxylic acids is 1. The smallest absolute Gasteiger partial charge is 0.314 e. The lowest BCUT2D eigenvalue weighted by molar-refractivity contribution is -0.143. The van der Waals surface area contributed by atoms with Crippen LogP contribution in [0.25, 0.3) is 10.9 Å². The maximum atomic E-state index is 11.7. The van der Waals surface area contributed by atoms with Crippen molar-refractivity contribution in [2.75, 3.05) is 0 Å². The van der Waals surface area contributed by atoms with E-state index in [1.807, 2.05) is 18.2 Å². The average molecular weight is 265 g/mol. The highest BCUT2D eigenvalue weighted by atomic mass is 35.5. The van der Waals surface area contributed by atoms with E-state index in [4.69, 9.17) is 11.6 Å². The molecule has 1 saturated carbocycles. The Kier molecular flexibility index (Phi) is 2.55. The van der Waals surface area contributed by atoms with Gasteiger partial charge in [0, 0.05) is 5.39 Å². The number of carboxylic acid groups (broad SMARTS) is 1. The Labute approximate surface area is 109 Å². The van der Waals surface area contributed by atoms with Crippen LogP contribution in [0.1, 0.15) is 31.2 Å². The van der Waals surface area contributed by atoms with Gasteiger partial charge in [0.2, 0.25) is 0 Å². The lowest BCUT2D eigenvalue weighted by Gasteiger charge is -2.24. The van der Waals surface area contributed by atoms with Crippen LogP contribution in [0.3, 0.4) is 0 Å². The molecule has 5 heteroatoms. The van der Waals surface area contributed by atoms with Crippen LogP contribution in [-0.2, 0) is 10.2 Å². The number of fused-ring (bicyclic) bond motifs is 1. The van der Waals surface area contributed by atoms with Crippen LogP contribution in [0, 0.1) is 0 Å². The van der Waals surface area contributed by atoms with Crippen molar-refractivity contribution in [2.24, 2.45) is 0 Å². The first-order valence-corrected chi connectivity index (χ1v) is 6.39. The molecule has 0 amide bonds. The first-order chi connectivity index (χ1) is 8.65. The number of carbonyl (C=O) groups is 1. The second kappa shape index (κ2) is 3.99. The molecule has 94 valence electrons. The van der Waals surface area contributed by atoms with E-state index in [9.17, 15) is 9.90 Å². The van der Waals surface area contributed by atoms with Crippen molar-refractivity contribution < 1.29 is 9.90 Å². The number of para-hydroxylation sites is 1. The summed E-state index contributed by atoms with van der Waals surface area (Å²) in [6.07, 6.45) is 3.24. The minimum atomic E-state index is -0.794. The Balaban J connectivity index is 2.27. The number of nitrogens with zero attached hydrogens (tertiary/aromatic N) is 1. The zero-order valence-electron chi connectivity index (χ0n) is 9.74. The predicted octanol–water partition coefficient (Wildman–Crippen LogP) is 3.11. The molecule has 0 radical (unpaired) electrons. The molecule has 1 heterocycles. The summed E-state index contributed by atoms with van der Waals surface area (Å²) < 4.78 is 0. The van der Waals surface area contributed by atoms with Crippen LogP contribution in [-0.4, -0.2) is 21.3 Å². The Morgan fingerprint density at radius 3 is 2.78 bits per heavy atom. The zero-order valence-corrected chi connectivity index (χ0v) is 10.5. The molecule has 3 rings (SSSR count). The van der Waals surface area contributed by atoms with Crippen LogP contribution < -0.4 is 0 Å². The normalized spacial score (nSPS) is 18.3. The maximum Gasteiger partial charge on any atom is 0.314 e. The van der Waals surface area contributed by atoms with Gasteiger partial charge >= 0.3 is 5.97 Å². The van der Waals surface area contributed by atoms with Crippen molar-refractivity contribution in [1.29, 1.82) is 0 Å². The lowest BCUT2D eigenvalue weighted by Crippen LogP contribution is -2.32. The third-order valence-electron chi connectivity index (χ3n) is 3.92. The molecule has 2 N–H and O–H groups in total. The molecule has 1 aliphatic rings. The van der Waals surface area contributed by atoms with Crippen LogP contribution in [0.4, 0.5) is 0 Å². The molecule has 2 aromatic rings. The SMILES string of the molecule is O=C(O)C1(c2cccc3c(Cl)[nH]nc23)CCCC1. The molecular formula is C13H13ClN2O2. The van der Waals surface area contributed by atoms with Crippen molar-refractivity contribution in [2.45, 2.75) is 31.1 Å². The number of nitrogens with one attached hydrogen (secondary N) is 1. The fourth-order valence-corrected chi connectivity index (χ4v) is 3.16. The lowest BCUT2D eigenvalue weighted by atomic mass is 9.78. The van der Waals surface area contributed by atoms with Gasteiger partial charge in [0.15, 0.2) is 0 Å². The monoisotopic (exact) mass is 264 g/mol. The number of halogens is 1. The van der Waals surface area contributed by atoms with Gasteiger partial charge in [-0.25, -0.2) is 0 Å². The second-order valence-electron chi connectivity index (χ2n) is 4.83. The number of aliphatic carboxylic acids is 1. The van der Waals surface area contributed by atoms with Crippen molar-refractivity contribution in [3.05, 3.63) is 28.9 Å². The van der Waals surface area contributed by atoms with E-state index in [-0.39, 0.29) is 0 Å². The molecule has 1 aromatic heterocycles. The van der Waals surface area contributed by atoms with Gasteiger partial charge in [-0.3, -0.25) is 9.89 Å². The third kappa shape index (κ3) is 1.45. The number of hydrogen-bond donors (Lipinski definition) is 2. The van der Waals surface area contributed by atoms with Crippen molar-refractivity contribution in [3.8, 4) is 0 Å². The molecular weight excluding hydrogens is 252 g/mol. The molecule has 18 heavy (non-hydrogen) atoms. The summed E-state index contributed by atoms with van der Waals surface area (Å²) in [6, 6.07) is 5.57. The van der Waals surface area contributed by atoms with E-state index >= 15 is 0 Å². The minimum absolute atomic E-state index is 0.463. The first kappa shape index (κ1) is 11.5. The van der Waals surface area contributed by atoms with Gasteiger partial charge in [0.05, 0.1) is 10.9 Å². The highest BCUT2D eigenvalue weighted by molar-refractivity contribution is 6.34. The van der Waals surface area contributed by atoms with Gasteiger partial charge in [-0.1, -0.05) is 36.6 Å². The topological polar surface area (TPSA) is 66.0 Å². The standard InChI is InChI=1S/C13H13ClN2O2/c14-11-8-4-3-5-9(10(8)15-16-11)13(12(17)18)6-1-2-7-13/h3-5H,1-2,6-7H2,(H,15,16)(H,17,18). The Hall–Kier alpha value is -1.55. The molecule has 1 fully saturated rings. The summed E-state index contributed by atoms with van der Waals surface area (Å²) >= 11 is 6.01. The number of H-pyrrole nitrogens is 1. The molecule has 0 bridgehead atoms. The van der Waals surface area contributed by atoms with Crippen molar-refractivity contribution >= 4 is 28.5 Å². The van der Waals surface area contributed by atoms with Crippen molar-refractivity contribution in [1.82, 2.24) is 10.2 Å². The van der Waals surface area contributed by atoms with Gasteiger partial charge in [-0.05, 0) is 24.5 Å². The van der Waals surface area contributed by atoms with Crippen LogP contribution in [0.5, 0.6) is 0 Å². The number of hydrogen-bond acceptors (Lipinski definition) is 2. The van der Waals surface area contributed by atoms with E-state index in [0.717, 1.165) is 23.8 Å². The highest BCUT2D eigenvalue weighted by Gasteiger charge is 2.44. The fourth-order valence-electron chi connectivity index (χ4n) is 2.97. The van der Waals surface area contributed by atoms with Gasteiger partial charge in [-0.15, -0.1) is 0 Å². The maximum absolute atomic E-state index is 11.7. The number of aromatic amines is 1. The molecule has 1 aliphatic carbocycles. The molecule has 0 spiro atoms. The zero-order chi connectivity index (χ0) is 12.8. The van der Waals surface area contributed by atoms with E-state index in [0.29, 0.717) is 23.5 Å². The number of benzene rings is 1. The first-order valence-electron chi connectivity index (χ1n) is 6.02. The number of aromatic nitrogens is 2. The van der Waals surface area contributed by atoms with E-state index in [2.05, 4.69) is 10.2 Å². The van der Waals surface area contributed by atoms with Gasteiger partial charge in [0.25, 0.3) is 0 Å².